The van der Waals surface area contributed by atoms with Gasteiger partial charge in [0, 0.05) is 19.6 Å². The maximum Gasteiger partial charge on any atom is 0.227 e. The Labute approximate surface area is 102 Å². The van der Waals surface area contributed by atoms with Crippen LogP contribution in [-0.4, -0.2) is 33.2 Å². The SMILES string of the molecule is CCc1nc(N)nc(NCCCCCCO)n1. The predicted molar refractivity (Wildman–Crippen MR) is 67.7 cm³/mol. The Morgan fingerprint density at radius 1 is 1.12 bits per heavy atom. The summed E-state index contributed by atoms with van der Waals surface area (Å²) in [7, 11) is 0. The van der Waals surface area contributed by atoms with Gasteiger partial charge in [-0.25, -0.2) is 0 Å². The van der Waals surface area contributed by atoms with Crippen molar-refractivity contribution in [1.82, 2.24) is 15.0 Å². The number of nitrogen functional groups attached to an aromatic ring is 1. The second-order valence-electron chi connectivity index (χ2n) is 3.85. The summed E-state index contributed by atoms with van der Waals surface area (Å²) in [6.45, 7) is 3.07. The summed E-state index contributed by atoms with van der Waals surface area (Å²) in [4.78, 5) is 12.3. The number of aliphatic hydroxyl groups is 1. The van der Waals surface area contributed by atoms with Crippen LogP contribution in [0.4, 0.5) is 11.9 Å². The van der Waals surface area contributed by atoms with Crippen LogP contribution >= 0.6 is 0 Å². The van der Waals surface area contributed by atoms with E-state index in [0.29, 0.717) is 11.8 Å². The topological polar surface area (TPSA) is 97.0 Å². The fourth-order valence-electron chi connectivity index (χ4n) is 1.47. The van der Waals surface area contributed by atoms with Crippen molar-refractivity contribution in [2.75, 3.05) is 24.2 Å². The number of nitrogens with one attached hydrogen (secondary N) is 1. The van der Waals surface area contributed by atoms with E-state index in [1.807, 2.05) is 6.92 Å². The maximum absolute atomic E-state index is 8.63. The Morgan fingerprint density at radius 2 is 1.88 bits per heavy atom. The first-order valence-corrected chi connectivity index (χ1v) is 6.11. The molecule has 0 amide bonds. The lowest BCUT2D eigenvalue weighted by molar-refractivity contribution is 0.283. The van der Waals surface area contributed by atoms with E-state index in [-0.39, 0.29) is 12.6 Å². The maximum atomic E-state index is 8.63. The van der Waals surface area contributed by atoms with Crippen LogP contribution in [0.15, 0.2) is 0 Å². The average Bonchev–Trinajstić information content (AvgIpc) is 2.33. The van der Waals surface area contributed by atoms with Crippen molar-refractivity contribution < 1.29 is 5.11 Å². The normalized spacial score (nSPS) is 10.5. The van der Waals surface area contributed by atoms with Crippen molar-refractivity contribution >= 4 is 11.9 Å². The number of nitrogens with zero attached hydrogens (tertiary/aromatic N) is 3. The van der Waals surface area contributed by atoms with Crippen molar-refractivity contribution in [3.05, 3.63) is 5.82 Å². The van der Waals surface area contributed by atoms with E-state index in [0.717, 1.165) is 38.6 Å². The third-order valence-corrected chi connectivity index (χ3v) is 2.38. The molecule has 96 valence electrons. The van der Waals surface area contributed by atoms with Crippen LogP contribution in [0.2, 0.25) is 0 Å². The van der Waals surface area contributed by atoms with Gasteiger partial charge in [-0.15, -0.1) is 0 Å². The number of nitrogens with two attached hydrogens (primary N) is 1. The minimum atomic E-state index is 0.264. The molecule has 0 spiro atoms. The lowest BCUT2D eigenvalue weighted by Crippen LogP contribution is -2.10. The van der Waals surface area contributed by atoms with Crippen molar-refractivity contribution in [2.45, 2.75) is 39.0 Å². The van der Waals surface area contributed by atoms with Gasteiger partial charge in [0.2, 0.25) is 11.9 Å². The molecule has 0 aliphatic rings. The van der Waals surface area contributed by atoms with Gasteiger partial charge in [-0.3, -0.25) is 0 Å². The molecule has 1 rings (SSSR count). The van der Waals surface area contributed by atoms with E-state index in [4.69, 9.17) is 10.8 Å². The highest BCUT2D eigenvalue weighted by Crippen LogP contribution is 2.04. The van der Waals surface area contributed by atoms with Crippen molar-refractivity contribution in [3.63, 3.8) is 0 Å². The molecule has 0 radical (unpaired) electrons. The highest BCUT2D eigenvalue weighted by molar-refractivity contribution is 5.30. The highest BCUT2D eigenvalue weighted by atomic mass is 16.2. The molecule has 0 aliphatic heterocycles. The predicted octanol–water partition coefficient (Wildman–Crippen LogP) is 0.981. The number of aliphatic hydroxyl groups excluding tert-OH is 1. The summed E-state index contributed by atoms with van der Waals surface area (Å²) in [5.41, 5.74) is 5.57. The molecule has 0 bridgehead atoms. The molecule has 17 heavy (non-hydrogen) atoms. The van der Waals surface area contributed by atoms with Crippen LogP contribution in [0.1, 0.15) is 38.4 Å². The van der Waals surface area contributed by atoms with Gasteiger partial charge >= 0.3 is 0 Å². The second kappa shape index (κ2) is 7.78. The van der Waals surface area contributed by atoms with Crippen LogP contribution in [0.25, 0.3) is 0 Å². The molecule has 1 heterocycles. The molecule has 6 nitrogen and oxygen atoms in total. The lowest BCUT2D eigenvalue weighted by Gasteiger charge is -2.06. The molecule has 0 aromatic carbocycles. The van der Waals surface area contributed by atoms with Gasteiger partial charge in [0.15, 0.2) is 0 Å². The van der Waals surface area contributed by atoms with Crippen LogP contribution in [-0.2, 0) is 6.42 Å². The van der Waals surface area contributed by atoms with Crippen molar-refractivity contribution in [1.29, 1.82) is 0 Å². The standard InChI is InChI=1S/C11H21N5O/c1-2-9-14-10(12)16-11(15-9)13-7-5-3-4-6-8-17/h17H,2-8H2,1H3,(H3,12,13,14,15,16). The van der Waals surface area contributed by atoms with Gasteiger partial charge in [-0.1, -0.05) is 19.8 Å². The number of hydrogen-bond donors (Lipinski definition) is 3. The Hall–Kier alpha value is -1.43. The van der Waals surface area contributed by atoms with Crippen LogP contribution in [0, 0.1) is 0 Å². The molecule has 0 unspecified atom stereocenters. The van der Waals surface area contributed by atoms with Crippen molar-refractivity contribution in [3.8, 4) is 0 Å². The Kier molecular flexibility index (Phi) is 6.24. The summed E-state index contributed by atoms with van der Waals surface area (Å²) in [6.07, 6.45) is 4.80. The zero-order valence-electron chi connectivity index (χ0n) is 10.3. The average molecular weight is 239 g/mol. The molecule has 1 aromatic heterocycles. The first-order valence-electron chi connectivity index (χ1n) is 6.11. The van der Waals surface area contributed by atoms with Gasteiger partial charge < -0.3 is 16.2 Å². The lowest BCUT2D eigenvalue weighted by atomic mass is 10.2. The summed E-state index contributed by atoms with van der Waals surface area (Å²) in [5, 5.41) is 11.8. The van der Waals surface area contributed by atoms with Gasteiger partial charge in [0.25, 0.3) is 0 Å². The zero-order chi connectivity index (χ0) is 12.5. The van der Waals surface area contributed by atoms with Crippen LogP contribution in [0.3, 0.4) is 0 Å². The Bertz CT molecular complexity index is 332. The molecule has 0 fully saturated rings. The highest BCUT2D eigenvalue weighted by Gasteiger charge is 2.01. The molecule has 0 saturated heterocycles. The summed E-state index contributed by atoms with van der Waals surface area (Å²) in [5.74, 6) is 1.52. The van der Waals surface area contributed by atoms with Gasteiger partial charge in [-0.05, 0) is 12.8 Å². The van der Waals surface area contributed by atoms with Crippen LogP contribution < -0.4 is 11.1 Å². The minimum Gasteiger partial charge on any atom is -0.396 e. The zero-order valence-corrected chi connectivity index (χ0v) is 10.3. The molecular weight excluding hydrogens is 218 g/mol. The monoisotopic (exact) mass is 239 g/mol. The largest absolute Gasteiger partial charge is 0.396 e. The van der Waals surface area contributed by atoms with E-state index in [2.05, 4.69) is 20.3 Å². The number of aryl methyl sites for hydroxylation is 1. The third kappa shape index (κ3) is 5.44. The van der Waals surface area contributed by atoms with E-state index in [9.17, 15) is 0 Å². The minimum absolute atomic E-state index is 0.264. The van der Waals surface area contributed by atoms with Gasteiger partial charge in [-0.2, -0.15) is 15.0 Å². The third-order valence-electron chi connectivity index (χ3n) is 2.38. The molecule has 0 atom stereocenters. The van der Waals surface area contributed by atoms with Gasteiger partial charge in [0.1, 0.15) is 5.82 Å². The molecule has 0 saturated carbocycles. The quantitative estimate of drug-likeness (QED) is 0.585. The fraction of sp³-hybridized carbons (Fsp3) is 0.727. The second-order valence-corrected chi connectivity index (χ2v) is 3.85. The summed E-state index contributed by atoms with van der Waals surface area (Å²) < 4.78 is 0. The summed E-state index contributed by atoms with van der Waals surface area (Å²) in [6, 6.07) is 0. The van der Waals surface area contributed by atoms with E-state index in [1.54, 1.807) is 0 Å². The van der Waals surface area contributed by atoms with Crippen molar-refractivity contribution in [2.24, 2.45) is 0 Å². The molecule has 6 heteroatoms. The number of unbranched alkanes of at least 4 members (excludes halogenated alkanes) is 3. The number of hydrogen-bond acceptors (Lipinski definition) is 6. The fourth-order valence-corrected chi connectivity index (χ4v) is 1.47. The Morgan fingerprint density at radius 3 is 2.59 bits per heavy atom. The molecule has 4 N–H and O–H groups in total. The summed E-state index contributed by atoms with van der Waals surface area (Å²) >= 11 is 0. The molecular formula is C11H21N5O. The number of anilines is 2. The van der Waals surface area contributed by atoms with Gasteiger partial charge in [0.05, 0.1) is 0 Å². The smallest absolute Gasteiger partial charge is 0.227 e. The molecule has 1 aromatic rings. The van der Waals surface area contributed by atoms with E-state index in [1.165, 1.54) is 0 Å². The van der Waals surface area contributed by atoms with E-state index >= 15 is 0 Å². The molecule has 0 aliphatic carbocycles. The first kappa shape index (κ1) is 13.6. The number of aromatic nitrogens is 3. The van der Waals surface area contributed by atoms with E-state index < -0.39 is 0 Å². The Balaban J connectivity index is 2.28. The number of rotatable bonds is 8. The van der Waals surface area contributed by atoms with Crippen LogP contribution in [0.5, 0.6) is 0 Å². The first-order chi connectivity index (χ1) is 8.26.